The van der Waals surface area contributed by atoms with E-state index in [2.05, 4.69) is 11.1 Å². The summed E-state index contributed by atoms with van der Waals surface area (Å²) in [6.07, 6.45) is 5.17. The number of benzene rings is 1. The number of aromatic nitrogens is 1. The smallest absolute Gasteiger partial charge is 0.161 e. The second-order valence-electron chi connectivity index (χ2n) is 6.70. The zero-order chi connectivity index (χ0) is 19.8. The number of nitrogens with two attached hydrogens (primary N) is 1. The van der Waals surface area contributed by atoms with E-state index < -0.39 is 5.92 Å². The largest absolute Gasteiger partial charge is 0.384 e. The first kappa shape index (κ1) is 18.5. The molecule has 0 fully saturated rings. The molecular formula is C21H16Cl2N4O. The second-order valence-corrected chi connectivity index (χ2v) is 7.51. The van der Waals surface area contributed by atoms with Crippen LogP contribution in [0.4, 0.5) is 5.69 Å². The Hall–Kier alpha value is -2.81. The van der Waals surface area contributed by atoms with Gasteiger partial charge in [0.05, 0.1) is 27.6 Å². The molecule has 0 bridgehead atoms. The highest BCUT2D eigenvalue weighted by molar-refractivity contribution is 6.42. The van der Waals surface area contributed by atoms with Gasteiger partial charge in [-0.1, -0.05) is 23.2 Å². The summed E-state index contributed by atoms with van der Waals surface area (Å²) in [6, 6.07) is 11.0. The van der Waals surface area contributed by atoms with Crippen LogP contribution in [-0.2, 0) is 4.79 Å². The highest BCUT2D eigenvalue weighted by Crippen LogP contribution is 2.46. The number of carbonyl (C=O) groups excluding carboxylic acids is 1. The maximum atomic E-state index is 13.0. The molecule has 0 radical (unpaired) electrons. The third-order valence-electron chi connectivity index (χ3n) is 5.11. The van der Waals surface area contributed by atoms with Crippen molar-refractivity contribution in [3.8, 4) is 6.07 Å². The van der Waals surface area contributed by atoms with Gasteiger partial charge in [-0.2, -0.15) is 5.26 Å². The molecule has 0 saturated carbocycles. The Labute approximate surface area is 172 Å². The zero-order valence-corrected chi connectivity index (χ0v) is 16.3. The molecule has 2 N–H and O–H groups in total. The molecule has 4 rings (SSSR count). The van der Waals surface area contributed by atoms with E-state index in [1.54, 1.807) is 35.5 Å². The van der Waals surface area contributed by atoms with Crippen LogP contribution in [0.5, 0.6) is 0 Å². The Bertz CT molecular complexity index is 1070. The minimum Gasteiger partial charge on any atom is -0.384 e. The zero-order valence-electron chi connectivity index (χ0n) is 14.8. The van der Waals surface area contributed by atoms with Gasteiger partial charge in [0.15, 0.2) is 5.78 Å². The van der Waals surface area contributed by atoms with E-state index >= 15 is 0 Å². The lowest BCUT2D eigenvalue weighted by atomic mass is 9.76. The monoisotopic (exact) mass is 410 g/mol. The SMILES string of the molecule is N#CC1=C(N)N(c2ccc(Cl)c(Cl)c2)C2=C(C(=O)CCC2)C1c1ccncc1. The van der Waals surface area contributed by atoms with E-state index in [0.717, 1.165) is 17.7 Å². The van der Waals surface area contributed by atoms with Crippen molar-refractivity contribution >= 4 is 34.7 Å². The van der Waals surface area contributed by atoms with Crippen LogP contribution in [0.15, 0.2) is 65.4 Å². The van der Waals surface area contributed by atoms with Gasteiger partial charge in [0.1, 0.15) is 5.82 Å². The van der Waals surface area contributed by atoms with E-state index in [1.807, 2.05) is 12.1 Å². The highest BCUT2D eigenvalue weighted by Gasteiger charge is 2.40. The van der Waals surface area contributed by atoms with Crippen molar-refractivity contribution in [1.29, 1.82) is 5.26 Å². The Morgan fingerprint density at radius 2 is 1.89 bits per heavy atom. The number of nitrogens with zero attached hydrogens (tertiary/aromatic N) is 3. The fourth-order valence-corrected chi connectivity index (χ4v) is 4.19. The second kappa shape index (κ2) is 7.31. The molecule has 7 heteroatoms. The van der Waals surface area contributed by atoms with Gasteiger partial charge in [0.25, 0.3) is 0 Å². The van der Waals surface area contributed by atoms with E-state index in [0.29, 0.717) is 45.5 Å². The average Bonchev–Trinajstić information content (AvgIpc) is 2.70. The van der Waals surface area contributed by atoms with Crippen LogP contribution in [0.2, 0.25) is 10.0 Å². The first-order valence-electron chi connectivity index (χ1n) is 8.84. The fraction of sp³-hybridized carbons (Fsp3) is 0.190. The number of rotatable bonds is 2. The minimum absolute atomic E-state index is 0.0355. The molecule has 2 aliphatic rings. The van der Waals surface area contributed by atoms with Crippen molar-refractivity contribution in [1.82, 2.24) is 4.98 Å². The van der Waals surface area contributed by atoms with E-state index in [4.69, 9.17) is 28.9 Å². The summed E-state index contributed by atoms with van der Waals surface area (Å²) in [6.45, 7) is 0. The molecule has 1 aliphatic carbocycles. The van der Waals surface area contributed by atoms with Gasteiger partial charge < -0.3 is 5.73 Å². The molecule has 1 aromatic carbocycles. The Morgan fingerprint density at radius 1 is 1.14 bits per heavy atom. The van der Waals surface area contributed by atoms with Crippen LogP contribution in [0.1, 0.15) is 30.7 Å². The summed E-state index contributed by atoms with van der Waals surface area (Å²) in [5.41, 5.74) is 9.75. The van der Waals surface area contributed by atoms with Crippen molar-refractivity contribution in [2.24, 2.45) is 5.73 Å². The van der Waals surface area contributed by atoms with E-state index in [1.165, 1.54) is 0 Å². The number of nitriles is 1. The number of hydrogen-bond acceptors (Lipinski definition) is 5. The lowest BCUT2D eigenvalue weighted by Crippen LogP contribution is -2.38. The van der Waals surface area contributed by atoms with Crippen LogP contribution in [0.3, 0.4) is 0 Å². The molecule has 5 nitrogen and oxygen atoms in total. The van der Waals surface area contributed by atoms with Crippen molar-refractivity contribution in [2.45, 2.75) is 25.2 Å². The maximum Gasteiger partial charge on any atom is 0.161 e. The Kier molecular flexibility index (Phi) is 4.84. The normalized spacial score (nSPS) is 19.5. The van der Waals surface area contributed by atoms with Gasteiger partial charge in [0.2, 0.25) is 0 Å². The first-order chi connectivity index (χ1) is 13.5. The number of hydrogen-bond donors (Lipinski definition) is 1. The van der Waals surface area contributed by atoms with E-state index in [-0.39, 0.29) is 5.78 Å². The molecule has 2 aromatic rings. The van der Waals surface area contributed by atoms with Crippen molar-refractivity contribution in [3.63, 3.8) is 0 Å². The minimum atomic E-state index is -0.491. The van der Waals surface area contributed by atoms with Crippen LogP contribution in [0, 0.1) is 11.3 Å². The van der Waals surface area contributed by atoms with Gasteiger partial charge in [-0.05, 0) is 48.7 Å². The molecule has 1 aromatic heterocycles. The number of anilines is 1. The molecule has 1 atom stereocenters. The highest BCUT2D eigenvalue weighted by atomic mass is 35.5. The quantitative estimate of drug-likeness (QED) is 0.775. The van der Waals surface area contributed by atoms with Crippen LogP contribution in [-0.4, -0.2) is 10.8 Å². The van der Waals surface area contributed by atoms with Crippen LogP contribution < -0.4 is 10.6 Å². The van der Waals surface area contributed by atoms with Gasteiger partial charge in [0, 0.05) is 35.8 Å². The van der Waals surface area contributed by atoms with Crippen molar-refractivity contribution in [3.05, 3.63) is 81.0 Å². The van der Waals surface area contributed by atoms with E-state index in [9.17, 15) is 10.1 Å². The number of carbonyl (C=O) groups is 1. The van der Waals surface area contributed by atoms with Gasteiger partial charge in [-0.25, -0.2) is 0 Å². The number of pyridine rings is 1. The maximum absolute atomic E-state index is 13.0. The number of halogens is 2. The summed E-state index contributed by atoms with van der Waals surface area (Å²) in [4.78, 5) is 18.8. The number of Topliss-reactive ketones (excluding diaryl/α,β-unsaturated/α-hetero) is 1. The number of allylic oxidation sites excluding steroid dienone is 3. The molecule has 2 heterocycles. The molecule has 1 aliphatic heterocycles. The standard InChI is InChI=1S/C21H16Cl2N4O/c22-15-5-4-13(10-16(15)23)27-17-2-1-3-18(28)20(17)19(14(11-24)21(27)25)12-6-8-26-9-7-12/h4-10,19H,1-3,25H2. The summed E-state index contributed by atoms with van der Waals surface area (Å²) in [7, 11) is 0. The molecule has 1 unspecified atom stereocenters. The van der Waals surface area contributed by atoms with Gasteiger partial charge in [-0.3, -0.25) is 14.7 Å². The van der Waals surface area contributed by atoms with Gasteiger partial charge in [-0.15, -0.1) is 0 Å². The third-order valence-corrected chi connectivity index (χ3v) is 5.85. The summed E-state index contributed by atoms with van der Waals surface area (Å²) in [5.74, 6) is -0.153. The average molecular weight is 411 g/mol. The number of ketones is 1. The molecule has 0 spiro atoms. The predicted octanol–water partition coefficient (Wildman–Crippen LogP) is 4.69. The van der Waals surface area contributed by atoms with Crippen LogP contribution >= 0.6 is 23.2 Å². The Morgan fingerprint density at radius 3 is 2.57 bits per heavy atom. The first-order valence-corrected chi connectivity index (χ1v) is 9.59. The van der Waals surface area contributed by atoms with Gasteiger partial charge >= 0.3 is 0 Å². The third kappa shape index (κ3) is 2.95. The Balaban J connectivity index is 1.97. The lowest BCUT2D eigenvalue weighted by molar-refractivity contribution is -0.116. The topological polar surface area (TPSA) is 83.0 Å². The lowest BCUT2D eigenvalue weighted by Gasteiger charge is -2.39. The molecule has 0 amide bonds. The predicted molar refractivity (Wildman–Crippen MR) is 109 cm³/mol. The van der Waals surface area contributed by atoms with Crippen LogP contribution in [0.25, 0.3) is 0 Å². The summed E-state index contributed by atoms with van der Waals surface area (Å²) in [5, 5.41) is 10.7. The fourth-order valence-electron chi connectivity index (χ4n) is 3.89. The molecule has 140 valence electrons. The van der Waals surface area contributed by atoms with Crippen molar-refractivity contribution < 1.29 is 4.79 Å². The molecular weight excluding hydrogens is 395 g/mol. The molecule has 28 heavy (non-hydrogen) atoms. The molecule has 0 saturated heterocycles. The summed E-state index contributed by atoms with van der Waals surface area (Å²) < 4.78 is 0. The summed E-state index contributed by atoms with van der Waals surface area (Å²) >= 11 is 12.3. The van der Waals surface area contributed by atoms with Crippen molar-refractivity contribution in [2.75, 3.05) is 4.90 Å².